The highest BCUT2D eigenvalue weighted by molar-refractivity contribution is 6.02. The van der Waals surface area contributed by atoms with Gasteiger partial charge in [-0.3, -0.25) is 4.79 Å². The predicted octanol–water partition coefficient (Wildman–Crippen LogP) is -0.253. The van der Waals surface area contributed by atoms with Crippen LogP contribution in [0.25, 0.3) is 11.2 Å². The molecule has 3 aromatic heterocycles. The minimum Gasteiger partial charge on any atom is -0.341 e. The number of aromatic nitrogens is 8. The Balaban J connectivity index is 1.87. The number of carbonyl (C=O) groups is 1. The molecule has 0 aliphatic carbocycles. The molecule has 1 unspecified atom stereocenters. The lowest BCUT2D eigenvalue weighted by molar-refractivity contribution is 0.0930. The molecule has 0 aliphatic heterocycles. The van der Waals surface area contributed by atoms with E-state index in [0.717, 1.165) is 0 Å². The molecule has 1 atom stereocenters. The largest absolute Gasteiger partial charge is 0.341 e. The third kappa shape index (κ3) is 2.06. The zero-order chi connectivity index (χ0) is 13.9. The van der Waals surface area contributed by atoms with E-state index in [4.69, 9.17) is 0 Å². The second-order valence-electron chi connectivity index (χ2n) is 4.03. The van der Waals surface area contributed by atoms with E-state index in [1.54, 1.807) is 0 Å². The van der Waals surface area contributed by atoms with Gasteiger partial charge in [-0.15, -0.1) is 10.2 Å². The van der Waals surface area contributed by atoms with Gasteiger partial charge in [-0.05, 0) is 6.42 Å². The first-order chi connectivity index (χ1) is 9.79. The molecule has 3 heterocycles. The van der Waals surface area contributed by atoms with Gasteiger partial charge in [0.1, 0.15) is 11.8 Å². The number of H-pyrrole nitrogens is 2. The number of imidazole rings is 1. The van der Waals surface area contributed by atoms with Crippen molar-refractivity contribution >= 4 is 17.1 Å². The van der Waals surface area contributed by atoms with Crippen LogP contribution in [0.3, 0.4) is 0 Å². The van der Waals surface area contributed by atoms with E-state index in [1.807, 2.05) is 6.92 Å². The number of fused-ring (bicyclic) bond motifs is 1. The zero-order valence-corrected chi connectivity index (χ0v) is 10.5. The van der Waals surface area contributed by atoms with Gasteiger partial charge in [0.05, 0.1) is 12.4 Å². The van der Waals surface area contributed by atoms with Gasteiger partial charge in [0.25, 0.3) is 5.91 Å². The molecule has 0 radical (unpaired) electrons. The Morgan fingerprint density at radius 2 is 2.30 bits per heavy atom. The van der Waals surface area contributed by atoms with E-state index >= 15 is 0 Å². The molecule has 0 bridgehead atoms. The number of nitrogens with zero attached hydrogens (tertiary/aromatic N) is 6. The third-order valence-electron chi connectivity index (χ3n) is 2.83. The summed E-state index contributed by atoms with van der Waals surface area (Å²) in [6.07, 6.45) is 3.39. The van der Waals surface area contributed by atoms with Crippen LogP contribution in [0.4, 0.5) is 0 Å². The van der Waals surface area contributed by atoms with Crippen LogP contribution in [0, 0.1) is 0 Å². The molecule has 1 amide bonds. The first-order valence-corrected chi connectivity index (χ1v) is 5.98. The molecule has 0 aromatic carbocycles. The smallest absolute Gasteiger partial charge is 0.272 e. The summed E-state index contributed by atoms with van der Waals surface area (Å²) in [4.78, 5) is 27.1. The number of carbonyl (C=O) groups excluding carboxylic acids is 1. The summed E-state index contributed by atoms with van der Waals surface area (Å²) < 4.78 is 0. The average molecular weight is 273 g/mol. The summed E-state index contributed by atoms with van der Waals surface area (Å²) >= 11 is 0. The lowest BCUT2D eigenvalue weighted by Gasteiger charge is -2.12. The Morgan fingerprint density at radius 3 is 3.05 bits per heavy atom. The summed E-state index contributed by atoms with van der Waals surface area (Å²) in [6.45, 7) is 1.91. The fraction of sp³-hybridized carbons (Fsp3) is 0.300. The Morgan fingerprint density at radius 1 is 1.40 bits per heavy atom. The van der Waals surface area contributed by atoms with E-state index in [-0.39, 0.29) is 17.6 Å². The summed E-state index contributed by atoms with van der Waals surface area (Å²) in [5.41, 5.74) is 1.17. The van der Waals surface area contributed by atoms with Crippen molar-refractivity contribution in [3.63, 3.8) is 0 Å². The van der Waals surface area contributed by atoms with Crippen LogP contribution < -0.4 is 5.32 Å². The van der Waals surface area contributed by atoms with Crippen LogP contribution in [-0.2, 0) is 0 Å². The van der Waals surface area contributed by atoms with Gasteiger partial charge in [-0.1, -0.05) is 12.1 Å². The van der Waals surface area contributed by atoms with Crippen molar-refractivity contribution in [2.45, 2.75) is 19.4 Å². The maximum absolute atomic E-state index is 12.3. The van der Waals surface area contributed by atoms with Gasteiger partial charge < -0.3 is 10.3 Å². The van der Waals surface area contributed by atoms with E-state index < -0.39 is 0 Å². The molecule has 10 heteroatoms. The fourth-order valence-corrected chi connectivity index (χ4v) is 1.83. The number of nitrogens with one attached hydrogen (secondary N) is 3. The highest BCUT2D eigenvalue weighted by Gasteiger charge is 2.20. The van der Waals surface area contributed by atoms with Gasteiger partial charge in [-0.25, -0.2) is 15.0 Å². The molecule has 3 N–H and O–H groups in total. The van der Waals surface area contributed by atoms with Crippen molar-refractivity contribution in [1.82, 2.24) is 45.9 Å². The first-order valence-electron chi connectivity index (χ1n) is 5.98. The highest BCUT2D eigenvalue weighted by atomic mass is 16.2. The monoisotopic (exact) mass is 273 g/mol. The molecular weight excluding hydrogens is 262 g/mol. The predicted molar refractivity (Wildman–Crippen MR) is 66.4 cm³/mol. The molecule has 0 fully saturated rings. The van der Waals surface area contributed by atoms with Crippen molar-refractivity contribution < 1.29 is 4.79 Å². The van der Waals surface area contributed by atoms with Gasteiger partial charge in [-0.2, -0.15) is 5.21 Å². The molecule has 3 aromatic rings. The van der Waals surface area contributed by atoms with Crippen molar-refractivity contribution in [2.24, 2.45) is 0 Å². The summed E-state index contributed by atoms with van der Waals surface area (Å²) in [6, 6.07) is -0.339. The molecule has 0 aliphatic rings. The van der Waals surface area contributed by atoms with Gasteiger partial charge in [0.15, 0.2) is 17.2 Å². The molecule has 0 spiro atoms. The Labute approximate surface area is 112 Å². The van der Waals surface area contributed by atoms with Gasteiger partial charge in [0.2, 0.25) is 0 Å². The number of hydrogen-bond acceptors (Lipinski definition) is 7. The molecule has 102 valence electrons. The Hall–Kier alpha value is -2.91. The van der Waals surface area contributed by atoms with Crippen molar-refractivity contribution in [3.8, 4) is 0 Å². The highest BCUT2D eigenvalue weighted by Crippen LogP contribution is 2.13. The molecule has 0 saturated heterocycles. The van der Waals surface area contributed by atoms with Crippen LogP contribution in [0.15, 0.2) is 12.7 Å². The van der Waals surface area contributed by atoms with Crippen molar-refractivity contribution in [3.05, 3.63) is 24.2 Å². The fourth-order valence-electron chi connectivity index (χ4n) is 1.83. The topological polar surface area (TPSA) is 138 Å². The van der Waals surface area contributed by atoms with Crippen LogP contribution in [0.1, 0.15) is 35.7 Å². The average Bonchev–Trinajstić information content (AvgIpc) is 3.14. The number of rotatable bonds is 4. The Kier molecular flexibility index (Phi) is 3.03. The van der Waals surface area contributed by atoms with E-state index in [9.17, 15) is 4.79 Å². The first kappa shape index (κ1) is 12.1. The molecule has 20 heavy (non-hydrogen) atoms. The normalized spacial score (nSPS) is 12.4. The number of tetrazole rings is 1. The number of hydrogen-bond donors (Lipinski definition) is 3. The second-order valence-corrected chi connectivity index (χ2v) is 4.03. The molecule has 0 saturated carbocycles. The van der Waals surface area contributed by atoms with Crippen molar-refractivity contribution in [1.29, 1.82) is 0 Å². The molecule has 3 rings (SSSR count). The van der Waals surface area contributed by atoms with Gasteiger partial charge in [0, 0.05) is 0 Å². The SMILES string of the molecule is CCC(NC(=O)c1ncnc2nc[nH]c12)c1nn[nH]n1. The standard InChI is InChI=1S/C10H11N9O/c1-2-5(8-16-18-19-17-8)15-10(20)7-6-9(13-3-11-6)14-4-12-7/h3-5H,2H2,1H3,(H,15,20)(H,11,12,13,14)(H,16,17,18,19). The summed E-state index contributed by atoms with van der Waals surface area (Å²) in [5.74, 6) is 0.0778. The lowest BCUT2D eigenvalue weighted by atomic mass is 10.2. The van der Waals surface area contributed by atoms with E-state index in [0.29, 0.717) is 23.4 Å². The van der Waals surface area contributed by atoms with Crippen molar-refractivity contribution in [2.75, 3.05) is 0 Å². The summed E-state index contributed by atoms with van der Waals surface area (Å²) in [7, 11) is 0. The summed E-state index contributed by atoms with van der Waals surface area (Å²) in [5, 5.41) is 16.4. The van der Waals surface area contributed by atoms with Crippen LogP contribution in [0.5, 0.6) is 0 Å². The quantitative estimate of drug-likeness (QED) is 0.595. The van der Waals surface area contributed by atoms with Crippen LogP contribution in [-0.4, -0.2) is 46.5 Å². The number of aromatic amines is 2. The Bertz CT molecular complexity index is 719. The minimum absolute atomic E-state index is 0.231. The van der Waals surface area contributed by atoms with Gasteiger partial charge >= 0.3 is 0 Å². The minimum atomic E-state index is -0.349. The third-order valence-corrected chi connectivity index (χ3v) is 2.83. The zero-order valence-electron chi connectivity index (χ0n) is 10.5. The van der Waals surface area contributed by atoms with Crippen LogP contribution >= 0.6 is 0 Å². The van der Waals surface area contributed by atoms with E-state index in [2.05, 4.69) is 45.9 Å². The maximum atomic E-state index is 12.3. The molecular formula is C10H11N9O. The lowest BCUT2D eigenvalue weighted by Crippen LogP contribution is -2.30. The maximum Gasteiger partial charge on any atom is 0.272 e. The molecule has 10 nitrogen and oxygen atoms in total. The number of amides is 1. The van der Waals surface area contributed by atoms with E-state index in [1.165, 1.54) is 12.7 Å². The second kappa shape index (κ2) is 4.99. The van der Waals surface area contributed by atoms with Crippen LogP contribution in [0.2, 0.25) is 0 Å².